The van der Waals surface area contributed by atoms with Gasteiger partial charge in [-0.3, -0.25) is 9.69 Å². The van der Waals surface area contributed by atoms with Crippen molar-refractivity contribution in [1.29, 1.82) is 0 Å². The van der Waals surface area contributed by atoms with Gasteiger partial charge in [0.25, 0.3) is 0 Å². The van der Waals surface area contributed by atoms with Gasteiger partial charge in [-0.15, -0.1) is 0 Å². The van der Waals surface area contributed by atoms with Crippen molar-refractivity contribution < 1.29 is 4.79 Å². The number of likely N-dealkylation sites (tertiary alicyclic amines) is 1. The number of amides is 1. The third-order valence-corrected chi connectivity index (χ3v) is 4.48. The lowest BCUT2D eigenvalue weighted by molar-refractivity contribution is -0.123. The highest BCUT2D eigenvalue weighted by molar-refractivity contribution is 5.78. The first-order valence-electron chi connectivity index (χ1n) is 7.46. The van der Waals surface area contributed by atoms with Gasteiger partial charge < -0.3 is 15.5 Å². The highest BCUT2D eigenvalue weighted by Gasteiger charge is 2.29. The maximum Gasteiger partial charge on any atom is 0.234 e. The van der Waals surface area contributed by atoms with E-state index in [2.05, 4.69) is 34.4 Å². The molecule has 2 heterocycles. The van der Waals surface area contributed by atoms with Crippen molar-refractivity contribution >= 4 is 5.91 Å². The van der Waals surface area contributed by atoms with Gasteiger partial charge in [-0.05, 0) is 38.4 Å². The van der Waals surface area contributed by atoms with E-state index in [0.717, 1.165) is 45.8 Å². The van der Waals surface area contributed by atoms with Crippen LogP contribution >= 0.6 is 0 Å². The van der Waals surface area contributed by atoms with Crippen molar-refractivity contribution in [2.24, 2.45) is 5.41 Å². The molecule has 2 N–H and O–H groups in total. The number of piperidine rings is 1. The fourth-order valence-electron chi connectivity index (χ4n) is 2.78. The number of piperazine rings is 1. The average Bonchev–Trinajstić information content (AvgIpc) is 2.42. The summed E-state index contributed by atoms with van der Waals surface area (Å²) in [5.74, 6) is 0.182. The molecule has 0 aromatic rings. The molecule has 0 aliphatic carbocycles. The van der Waals surface area contributed by atoms with Crippen molar-refractivity contribution in [3.63, 3.8) is 0 Å². The second-order valence-electron chi connectivity index (χ2n) is 6.42. The van der Waals surface area contributed by atoms with Crippen LogP contribution in [-0.4, -0.2) is 75.1 Å². The van der Waals surface area contributed by atoms with Crippen LogP contribution in [0.3, 0.4) is 0 Å². The largest absolute Gasteiger partial charge is 0.354 e. The quantitative estimate of drug-likeness (QED) is 0.737. The Morgan fingerprint density at radius 2 is 1.84 bits per heavy atom. The Labute approximate surface area is 116 Å². The summed E-state index contributed by atoms with van der Waals surface area (Å²) in [6.07, 6.45) is 2.36. The van der Waals surface area contributed by atoms with Crippen molar-refractivity contribution in [1.82, 2.24) is 20.4 Å². The average molecular weight is 268 g/mol. The highest BCUT2D eigenvalue weighted by atomic mass is 16.2. The van der Waals surface area contributed by atoms with Gasteiger partial charge in [0.15, 0.2) is 0 Å². The van der Waals surface area contributed by atoms with Crippen molar-refractivity contribution in [2.75, 3.05) is 59.4 Å². The molecule has 1 amide bonds. The van der Waals surface area contributed by atoms with Gasteiger partial charge in [0.05, 0.1) is 6.54 Å². The summed E-state index contributed by atoms with van der Waals surface area (Å²) in [7, 11) is 2.17. The first-order chi connectivity index (χ1) is 9.07. The monoisotopic (exact) mass is 268 g/mol. The number of hydrogen-bond donors (Lipinski definition) is 2. The van der Waals surface area contributed by atoms with Gasteiger partial charge in [-0.25, -0.2) is 0 Å². The van der Waals surface area contributed by atoms with Crippen molar-refractivity contribution in [3.05, 3.63) is 0 Å². The third-order valence-electron chi connectivity index (χ3n) is 4.48. The molecule has 0 unspecified atom stereocenters. The zero-order chi connectivity index (χ0) is 13.7. The van der Waals surface area contributed by atoms with Crippen LogP contribution in [0.25, 0.3) is 0 Å². The van der Waals surface area contributed by atoms with Crippen LogP contribution < -0.4 is 10.6 Å². The summed E-state index contributed by atoms with van der Waals surface area (Å²) < 4.78 is 0. The molecule has 19 heavy (non-hydrogen) atoms. The number of carbonyl (C=O) groups is 1. The molecule has 2 aliphatic heterocycles. The lowest BCUT2D eigenvalue weighted by Gasteiger charge is -2.38. The molecule has 2 rings (SSSR count). The minimum absolute atomic E-state index is 0.182. The zero-order valence-corrected chi connectivity index (χ0v) is 12.4. The van der Waals surface area contributed by atoms with Gasteiger partial charge in [-0.1, -0.05) is 6.92 Å². The van der Waals surface area contributed by atoms with Crippen molar-refractivity contribution in [3.8, 4) is 0 Å². The van der Waals surface area contributed by atoms with E-state index >= 15 is 0 Å². The van der Waals surface area contributed by atoms with E-state index in [1.807, 2.05) is 0 Å². The second-order valence-corrected chi connectivity index (χ2v) is 6.42. The van der Waals surface area contributed by atoms with Crippen LogP contribution in [0.15, 0.2) is 0 Å². The number of carbonyl (C=O) groups excluding carboxylic acids is 1. The van der Waals surface area contributed by atoms with E-state index in [9.17, 15) is 4.79 Å². The summed E-state index contributed by atoms with van der Waals surface area (Å²) in [4.78, 5) is 16.6. The predicted octanol–water partition coefficient (Wildman–Crippen LogP) is -0.260. The molecule has 0 radical (unpaired) electrons. The molecular weight excluding hydrogens is 240 g/mol. The van der Waals surface area contributed by atoms with E-state index in [-0.39, 0.29) is 11.3 Å². The summed E-state index contributed by atoms with van der Waals surface area (Å²) in [6, 6.07) is 0. The Morgan fingerprint density at radius 3 is 2.47 bits per heavy atom. The molecule has 2 saturated heterocycles. The normalized spacial score (nSPS) is 25.2. The standard InChI is InChI=1S/C14H28N4O/c1-14(3-7-17(2)8-4-14)12-16-13(19)11-18-9-5-15-6-10-18/h15H,3-12H2,1-2H3,(H,16,19). The maximum absolute atomic E-state index is 12.0. The summed E-state index contributed by atoms with van der Waals surface area (Å²) in [5.41, 5.74) is 0.283. The van der Waals surface area contributed by atoms with Gasteiger partial charge in [0, 0.05) is 32.7 Å². The summed E-state index contributed by atoms with van der Waals surface area (Å²) in [6.45, 7) is 9.92. The van der Waals surface area contributed by atoms with Gasteiger partial charge >= 0.3 is 0 Å². The molecule has 0 spiro atoms. The van der Waals surface area contributed by atoms with E-state index in [1.54, 1.807) is 0 Å². The van der Waals surface area contributed by atoms with Crippen LogP contribution in [-0.2, 0) is 4.79 Å². The Kier molecular flexibility index (Phi) is 5.19. The first kappa shape index (κ1) is 14.8. The Morgan fingerprint density at radius 1 is 1.21 bits per heavy atom. The third kappa shape index (κ3) is 4.75. The molecule has 0 aromatic carbocycles. The molecule has 0 aromatic heterocycles. The number of rotatable bonds is 4. The lowest BCUT2D eigenvalue weighted by atomic mass is 9.80. The smallest absolute Gasteiger partial charge is 0.234 e. The van der Waals surface area contributed by atoms with Crippen LogP contribution in [0, 0.1) is 5.41 Å². The minimum atomic E-state index is 0.182. The molecule has 5 heteroatoms. The molecule has 2 aliphatic rings. The van der Waals surface area contributed by atoms with Crippen LogP contribution in [0.5, 0.6) is 0 Å². The SMILES string of the molecule is CN1CCC(C)(CNC(=O)CN2CCNCC2)CC1. The number of nitrogens with zero attached hydrogens (tertiary/aromatic N) is 2. The molecule has 0 atom stereocenters. The van der Waals surface area contributed by atoms with E-state index in [0.29, 0.717) is 6.54 Å². The Bertz CT molecular complexity index is 294. The fourth-order valence-corrected chi connectivity index (χ4v) is 2.78. The Balaban J connectivity index is 1.67. The molecule has 5 nitrogen and oxygen atoms in total. The molecule has 0 saturated carbocycles. The van der Waals surface area contributed by atoms with Crippen LogP contribution in [0.2, 0.25) is 0 Å². The molecule has 0 bridgehead atoms. The molecular formula is C14H28N4O. The zero-order valence-electron chi connectivity index (χ0n) is 12.4. The lowest BCUT2D eigenvalue weighted by Crippen LogP contribution is -2.49. The first-order valence-corrected chi connectivity index (χ1v) is 7.46. The fraction of sp³-hybridized carbons (Fsp3) is 0.929. The van der Waals surface area contributed by atoms with Gasteiger partial charge in [0.2, 0.25) is 5.91 Å². The minimum Gasteiger partial charge on any atom is -0.354 e. The van der Waals surface area contributed by atoms with Crippen molar-refractivity contribution in [2.45, 2.75) is 19.8 Å². The number of nitrogens with one attached hydrogen (secondary N) is 2. The van der Waals surface area contributed by atoms with E-state index in [1.165, 1.54) is 12.8 Å². The van der Waals surface area contributed by atoms with E-state index in [4.69, 9.17) is 0 Å². The second kappa shape index (κ2) is 6.68. The van der Waals surface area contributed by atoms with Gasteiger partial charge in [-0.2, -0.15) is 0 Å². The Hall–Kier alpha value is -0.650. The highest BCUT2D eigenvalue weighted by Crippen LogP contribution is 2.29. The summed E-state index contributed by atoms with van der Waals surface area (Å²) in [5, 5.41) is 6.44. The molecule has 110 valence electrons. The van der Waals surface area contributed by atoms with Gasteiger partial charge in [0.1, 0.15) is 0 Å². The molecule has 2 fully saturated rings. The predicted molar refractivity (Wildman–Crippen MR) is 77.2 cm³/mol. The topological polar surface area (TPSA) is 47.6 Å². The van der Waals surface area contributed by atoms with Crippen LogP contribution in [0.4, 0.5) is 0 Å². The summed E-state index contributed by atoms with van der Waals surface area (Å²) >= 11 is 0. The van der Waals surface area contributed by atoms with E-state index < -0.39 is 0 Å². The number of hydrogen-bond acceptors (Lipinski definition) is 4. The maximum atomic E-state index is 12.0. The van der Waals surface area contributed by atoms with Crippen LogP contribution in [0.1, 0.15) is 19.8 Å².